The van der Waals surface area contributed by atoms with Crippen LogP contribution in [0.5, 0.6) is 5.75 Å². The van der Waals surface area contributed by atoms with Crippen molar-refractivity contribution in [2.75, 3.05) is 13.7 Å². The van der Waals surface area contributed by atoms with E-state index in [1.165, 1.54) is 5.56 Å². The fourth-order valence-corrected chi connectivity index (χ4v) is 2.15. The second-order valence-corrected chi connectivity index (χ2v) is 4.63. The lowest BCUT2D eigenvalue weighted by molar-refractivity contribution is 0.0264. The Morgan fingerprint density at radius 1 is 1.41 bits per heavy atom. The van der Waals surface area contributed by atoms with E-state index in [0.29, 0.717) is 12.7 Å². The minimum absolute atomic E-state index is 0.262. The van der Waals surface area contributed by atoms with Gasteiger partial charge in [-0.05, 0) is 44.5 Å². The molecule has 0 amide bonds. The fourth-order valence-electron chi connectivity index (χ4n) is 2.15. The summed E-state index contributed by atoms with van der Waals surface area (Å²) in [4.78, 5) is 0. The zero-order valence-corrected chi connectivity index (χ0v) is 10.6. The normalized spacial score (nSPS) is 23.9. The third-order valence-electron chi connectivity index (χ3n) is 3.04. The van der Waals surface area contributed by atoms with Gasteiger partial charge in [0.25, 0.3) is 0 Å². The predicted octanol–water partition coefficient (Wildman–Crippen LogP) is 2.35. The highest BCUT2D eigenvalue weighted by Gasteiger charge is 2.22. The summed E-state index contributed by atoms with van der Waals surface area (Å²) in [6.45, 7) is 3.65. The van der Waals surface area contributed by atoms with Crippen molar-refractivity contribution in [3.8, 4) is 5.75 Å². The maximum atomic E-state index is 5.77. The molecule has 1 aromatic carbocycles. The number of rotatable bonds is 5. The Morgan fingerprint density at radius 3 is 3.00 bits per heavy atom. The molecule has 1 aromatic rings. The maximum absolute atomic E-state index is 5.77. The lowest BCUT2D eigenvalue weighted by Gasteiger charge is -2.13. The van der Waals surface area contributed by atoms with E-state index in [1.54, 1.807) is 0 Å². The standard InChI is InChI=1S/C14H21NO2/c1-11-6-7-14(17-11)10-16-13-5-3-4-12(8-13)9-15-2/h3-5,8,11,14-15H,6-7,9-10H2,1-2H3. The quantitative estimate of drug-likeness (QED) is 0.850. The van der Waals surface area contributed by atoms with Gasteiger partial charge in [-0.2, -0.15) is 0 Å². The van der Waals surface area contributed by atoms with Crippen molar-refractivity contribution in [3.63, 3.8) is 0 Å². The van der Waals surface area contributed by atoms with Gasteiger partial charge < -0.3 is 14.8 Å². The fraction of sp³-hybridized carbons (Fsp3) is 0.571. The Hall–Kier alpha value is -1.06. The Morgan fingerprint density at radius 2 is 2.29 bits per heavy atom. The second-order valence-electron chi connectivity index (χ2n) is 4.63. The van der Waals surface area contributed by atoms with Crippen LogP contribution in [0.3, 0.4) is 0 Å². The molecule has 1 aliphatic heterocycles. The second kappa shape index (κ2) is 6.03. The third kappa shape index (κ3) is 3.72. The van der Waals surface area contributed by atoms with Crippen molar-refractivity contribution in [2.24, 2.45) is 0 Å². The van der Waals surface area contributed by atoms with Gasteiger partial charge >= 0.3 is 0 Å². The number of ether oxygens (including phenoxy) is 2. The highest BCUT2D eigenvalue weighted by Crippen LogP contribution is 2.21. The van der Waals surface area contributed by atoms with Gasteiger partial charge in [0.2, 0.25) is 0 Å². The number of hydrogen-bond acceptors (Lipinski definition) is 3. The average Bonchev–Trinajstić information content (AvgIpc) is 2.74. The van der Waals surface area contributed by atoms with E-state index in [1.807, 2.05) is 19.2 Å². The SMILES string of the molecule is CNCc1cccc(OCC2CCC(C)O2)c1. The predicted molar refractivity (Wildman–Crippen MR) is 68.3 cm³/mol. The summed E-state index contributed by atoms with van der Waals surface area (Å²) in [5, 5.41) is 3.13. The van der Waals surface area contributed by atoms with Crippen LogP contribution in [0.2, 0.25) is 0 Å². The number of hydrogen-bond donors (Lipinski definition) is 1. The molecule has 0 spiro atoms. The van der Waals surface area contributed by atoms with Crippen LogP contribution in [0.25, 0.3) is 0 Å². The Bertz CT molecular complexity index is 354. The van der Waals surface area contributed by atoms with Gasteiger partial charge in [0, 0.05) is 6.54 Å². The first-order chi connectivity index (χ1) is 8.28. The number of nitrogens with one attached hydrogen (secondary N) is 1. The van der Waals surface area contributed by atoms with Crippen molar-refractivity contribution < 1.29 is 9.47 Å². The molecule has 2 atom stereocenters. The monoisotopic (exact) mass is 235 g/mol. The summed E-state index contributed by atoms with van der Waals surface area (Å²) in [5.41, 5.74) is 1.24. The lowest BCUT2D eigenvalue weighted by Crippen LogP contribution is -2.18. The summed E-state index contributed by atoms with van der Waals surface area (Å²) in [6.07, 6.45) is 2.91. The van der Waals surface area contributed by atoms with Crippen LogP contribution >= 0.6 is 0 Å². The van der Waals surface area contributed by atoms with E-state index in [-0.39, 0.29) is 6.10 Å². The van der Waals surface area contributed by atoms with Gasteiger partial charge in [0.05, 0.1) is 12.2 Å². The molecule has 3 nitrogen and oxygen atoms in total. The Kier molecular flexibility index (Phi) is 4.40. The van der Waals surface area contributed by atoms with Crippen molar-refractivity contribution >= 4 is 0 Å². The van der Waals surface area contributed by atoms with Gasteiger partial charge in [0.15, 0.2) is 0 Å². The summed E-state index contributed by atoms with van der Waals surface area (Å²) in [7, 11) is 1.95. The summed E-state index contributed by atoms with van der Waals surface area (Å²) in [5.74, 6) is 0.931. The molecule has 94 valence electrons. The minimum atomic E-state index is 0.262. The third-order valence-corrected chi connectivity index (χ3v) is 3.04. The molecule has 2 unspecified atom stereocenters. The zero-order chi connectivity index (χ0) is 12.1. The highest BCUT2D eigenvalue weighted by atomic mass is 16.5. The zero-order valence-electron chi connectivity index (χ0n) is 10.6. The van der Waals surface area contributed by atoms with Crippen molar-refractivity contribution in [3.05, 3.63) is 29.8 Å². The first kappa shape index (κ1) is 12.4. The van der Waals surface area contributed by atoms with Crippen LogP contribution in [0.1, 0.15) is 25.3 Å². The molecule has 1 saturated heterocycles. The lowest BCUT2D eigenvalue weighted by atomic mass is 10.2. The molecular formula is C14H21NO2. The van der Waals surface area contributed by atoms with Crippen LogP contribution in [0, 0.1) is 0 Å². The molecule has 1 aliphatic rings. The minimum Gasteiger partial charge on any atom is -0.491 e. The van der Waals surface area contributed by atoms with E-state index < -0.39 is 0 Å². The smallest absolute Gasteiger partial charge is 0.119 e. The molecule has 0 bridgehead atoms. The van der Waals surface area contributed by atoms with Crippen LogP contribution in [0.15, 0.2) is 24.3 Å². The van der Waals surface area contributed by atoms with Gasteiger partial charge in [0.1, 0.15) is 12.4 Å². The van der Waals surface area contributed by atoms with Crippen molar-refractivity contribution in [2.45, 2.75) is 38.5 Å². The number of benzene rings is 1. The topological polar surface area (TPSA) is 30.5 Å². The highest BCUT2D eigenvalue weighted by molar-refractivity contribution is 5.28. The molecule has 1 fully saturated rings. The van der Waals surface area contributed by atoms with Gasteiger partial charge in [-0.25, -0.2) is 0 Å². The summed E-state index contributed by atoms with van der Waals surface area (Å²) in [6, 6.07) is 8.20. The first-order valence-corrected chi connectivity index (χ1v) is 6.29. The summed E-state index contributed by atoms with van der Waals surface area (Å²) >= 11 is 0. The van der Waals surface area contributed by atoms with Crippen LogP contribution < -0.4 is 10.1 Å². The van der Waals surface area contributed by atoms with E-state index in [9.17, 15) is 0 Å². The first-order valence-electron chi connectivity index (χ1n) is 6.29. The Balaban J connectivity index is 1.83. The molecule has 1 heterocycles. The van der Waals surface area contributed by atoms with Crippen molar-refractivity contribution in [1.82, 2.24) is 5.32 Å². The largest absolute Gasteiger partial charge is 0.491 e. The van der Waals surface area contributed by atoms with Crippen LogP contribution in [0.4, 0.5) is 0 Å². The molecule has 1 N–H and O–H groups in total. The molecule has 0 saturated carbocycles. The van der Waals surface area contributed by atoms with E-state index >= 15 is 0 Å². The molecule has 17 heavy (non-hydrogen) atoms. The molecule has 0 radical (unpaired) electrons. The van der Waals surface area contributed by atoms with Gasteiger partial charge in [-0.15, -0.1) is 0 Å². The average molecular weight is 235 g/mol. The van der Waals surface area contributed by atoms with Gasteiger partial charge in [-0.3, -0.25) is 0 Å². The molecule has 0 aromatic heterocycles. The van der Waals surface area contributed by atoms with Crippen molar-refractivity contribution in [1.29, 1.82) is 0 Å². The van der Waals surface area contributed by atoms with Crippen LogP contribution in [-0.2, 0) is 11.3 Å². The molecule has 3 heteroatoms. The van der Waals surface area contributed by atoms with E-state index in [2.05, 4.69) is 24.4 Å². The Labute approximate surface area is 103 Å². The molecule has 0 aliphatic carbocycles. The summed E-state index contributed by atoms with van der Waals surface area (Å²) < 4.78 is 11.5. The van der Waals surface area contributed by atoms with Crippen LogP contribution in [-0.4, -0.2) is 25.9 Å². The molecular weight excluding hydrogens is 214 g/mol. The van der Waals surface area contributed by atoms with E-state index in [0.717, 1.165) is 25.1 Å². The van der Waals surface area contributed by atoms with E-state index in [4.69, 9.17) is 9.47 Å². The maximum Gasteiger partial charge on any atom is 0.119 e. The molecule has 2 rings (SSSR count). The van der Waals surface area contributed by atoms with Gasteiger partial charge in [-0.1, -0.05) is 12.1 Å².